The van der Waals surface area contributed by atoms with Crippen LogP contribution in [0.4, 0.5) is 4.39 Å². The van der Waals surface area contributed by atoms with Crippen LogP contribution in [0.3, 0.4) is 0 Å². The summed E-state index contributed by atoms with van der Waals surface area (Å²) in [5.74, 6) is 0.754. The van der Waals surface area contributed by atoms with Crippen molar-refractivity contribution < 1.29 is 9.13 Å². The summed E-state index contributed by atoms with van der Waals surface area (Å²) in [6.45, 7) is 6.91. The van der Waals surface area contributed by atoms with Crippen molar-refractivity contribution in [3.8, 4) is 11.6 Å². The van der Waals surface area contributed by atoms with Crippen LogP contribution in [0.5, 0.6) is 11.6 Å². The molecule has 0 saturated heterocycles. The lowest BCUT2D eigenvalue weighted by molar-refractivity contribution is 0.453. The van der Waals surface area contributed by atoms with Gasteiger partial charge in [-0.25, -0.2) is 9.37 Å². The largest absolute Gasteiger partial charge is 0.438 e. The van der Waals surface area contributed by atoms with E-state index in [0.717, 1.165) is 17.7 Å². The first-order valence-electron chi connectivity index (χ1n) is 6.77. The molecule has 1 aromatic carbocycles. The molecule has 0 unspecified atom stereocenters. The minimum absolute atomic E-state index is 0.311. The van der Waals surface area contributed by atoms with E-state index >= 15 is 0 Å². The van der Waals surface area contributed by atoms with Gasteiger partial charge in [0.2, 0.25) is 5.88 Å². The molecule has 0 aliphatic heterocycles. The molecule has 21 heavy (non-hydrogen) atoms. The van der Waals surface area contributed by atoms with E-state index in [1.165, 1.54) is 12.1 Å². The molecule has 112 valence electrons. The topological polar surface area (TPSA) is 34.2 Å². The minimum atomic E-state index is -0.311. The summed E-state index contributed by atoms with van der Waals surface area (Å²) < 4.78 is 19.4. The number of hydrogen-bond acceptors (Lipinski definition) is 3. The lowest BCUT2D eigenvalue weighted by Crippen LogP contribution is -2.21. The van der Waals surface area contributed by atoms with Crippen LogP contribution >= 0.6 is 15.9 Å². The first-order chi connectivity index (χ1) is 9.95. The van der Waals surface area contributed by atoms with Crippen LogP contribution in [0.1, 0.15) is 25.0 Å². The van der Waals surface area contributed by atoms with Gasteiger partial charge in [-0.3, -0.25) is 0 Å². The van der Waals surface area contributed by atoms with E-state index < -0.39 is 0 Å². The number of nitrogens with one attached hydrogen (secondary N) is 1. The van der Waals surface area contributed by atoms with Crippen LogP contribution in [0.15, 0.2) is 34.9 Å². The number of aryl methyl sites for hydroxylation is 1. The Labute approximate surface area is 132 Å². The normalized spacial score (nSPS) is 11.0. The van der Waals surface area contributed by atoms with Crippen molar-refractivity contribution in [3.63, 3.8) is 0 Å². The SMILES string of the molecule is Cc1cc(CNC(C)C)cnc1Oc1ccc(F)cc1Br. The van der Waals surface area contributed by atoms with Crippen LogP contribution in [-0.2, 0) is 6.54 Å². The molecule has 0 amide bonds. The summed E-state index contributed by atoms with van der Waals surface area (Å²) in [5.41, 5.74) is 2.04. The summed E-state index contributed by atoms with van der Waals surface area (Å²) in [5, 5.41) is 3.34. The number of rotatable bonds is 5. The molecule has 0 aliphatic rings. The van der Waals surface area contributed by atoms with Gasteiger partial charge >= 0.3 is 0 Å². The van der Waals surface area contributed by atoms with Crippen LogP contribution in [0.25, 0.3) is 0 Å². The standard InChI is InChI=1S/C16H18BrFN2O/c1-10(2)19-8-12-6-11(3)16(20-9-12)21-15-5-4-13(18)7-14(15)17/h4-7,9-10,19H,8H2,1-3H3. The third-order valence-electron chi connectivity index (χ3n) is 2.90. The van der Waals surface area contributed by atoms with Gasteiger partial charge in [0.1, 0.15) is 11.6 Å². The molecule has 2 rings (SSSR count). The molecule has 0 aliphatic carbocycles. The molecule has 5 heteroatoms. The van der Waals surface area contributed by atoms with E-state index in [0.29, 0.717) is 22.1 Å². The number of aromatic nitrogens is 1. The van der Waals surface area contributed by atoms with E-state index in [-0.39, 0.29) is 5.82 Å². The second-order valence-electron chi connectivity index (χ2n) is 5.18. The van der Waals surface area contributed by atoms with Gasteiger partial charge in [-0.1, -0.05) is 13.8 Å². The molecular weight excluding hydrogens is 335 g/mol. The Kier molecular flexibility index (Phi) is 5.31. The van der Waals surface area contributed by atoms with Gasteiger partial charge in [0, 0.05) is 24.3 Å². The maximum absolute atomic E-state index is 13.1. The van der Waals surface area contributed by atoms with Gasteiger partial charge in [0.25, 0.3) is 0 Å². The first-order valence-corrected chi connectivity index (χ1v) is 7.57. The first kappa shape index (κ1) is 15.9. The Morgan fingerprint density at radius 1 is 1.33 bits per heavy atom. The number of ether oxygens (including phenoxy) is 1. The second kappa shape index (κ2) is 7.00. The molecule has 1 N–H and O–H groups in total. The molecule has 1 aromatic heterocycles. The van der Waals surface area contributed by atoms with Crippen molar-refractivity contribution in [2.75, 3.05) is 0 Å². The molecule has 1 heterocycles. The number of hydrogen-bond donors (Lipinski definition) is 1. The lowest BCUT2D eigenvalue weighted by atomic mass is 10.2. The minimum Gasteiger partial charge on any atom is -0.438 e. The van der Waals surface area contributed by atoms with Crippen molar-refractivity contribution in [2.24, 2.45) is 0 Å². The molecule has 3 nitrogen and oxygen atoms in total. The fraction of sp³-hybridized carbons (Fsp3) is 0.312. The Bertz CT molecular complexity index is 632. The summed E-state index contributed by atoms with van der Waals surface area (Å²) in [6.07, 6.45) is 1.79. The van der Waals surface area contributed by atoms with Gasteiger partial charge in [0.15, 0.2) is 0 Å². The van der Waals surface area contributed by atoms with Crippen LogP contribution < -0.4 is 10.1 Å². The monoisotopic (exact) mass is 352 g/mol. The fourth-order valence-corrected chi connectivity index (χ4v) is 2.24. The van der Waals surface area contributed by atoms with Crippen LogP contribution in [0, 0.1) is 12.7 Å². The Morgan fingerprint density at radius 2 is 2.10 bits per heavy atom. The molecule has 0 fully saturated rings. The van der Waals surface area contributed by atoms with E-state index in [9.17, 15) is 4.39 Å². The predicted molar refractivity (Wildman–Crippen MR) is 85.1 cm³/mol. The maximum atomic E-state index is 13.1. The zero-order valence-electron chi connectivity index (χ0n) is 12.3. The number of pyridine rings is 1. The van der Waals surface area contributed by atoms with Gasteiger partial charge in [0.05, 0.1) is 4.47 Å². The zero-order chi connectivity index (χ0) is 15.4. The van der Waals surface area contributed by atoms with E-state index in [2.05, 4.69) is 40.1 Å². The zero-order valence-corrected chi connectivity index (χ0v) is 13.9. The molecule has 0 bridgehead atoms. The highest BCUT2D eigenvalue weighted by Crippen LogP contribution is 2.30. The molecule has 2 aromatic rings. The molecular formula is C16H18BrFN2O. The van der Waals surface area contributed by atoms with Gasteiger partial charge in [-0.05, 0) is 52.7 Å². The maximum Gasteiger partial charge on any atom is 0.222 e. The third kappa shape index (κ3) is 4.51. The lowest BCUT2D eigenvalue weighted by Gasteiger charge is -2.12. The van der Waals surface area contributed by atoms with Crippen molar-refractivity contribution in [3.05, 3.63) is 51.9 Å². The van der Waals surface area contributed by atoms with Crippen molar-refractivity contribution >= 4 is 15.9 Å². The van der Waals surface area contributed by atoms with Gasteiger partial charge in [-0.2, -0.15) is 0 Å². The Hall–Kier alpha value is -1.46. The predicted octanol–water partition coefficient (Wildman–Crippen LogP) is 4.58. The van der Waals surface area contributed by atoms with Crippen LogP contribution in [-0.4, -0.2) is 11.0 Å². The van der Waals surface area contributed by atoms with Crippen molar-refractivity contribution in [1.29, 1.82) is 0 Å². The van der Waals surface area contributed by atoms with Crippen molar-refractivity contribution in [1.82, 2.24) is 10.3 Å². The van der Waals surface area contributed by atoms with E-state index in [4.69, 9.17) is 4.74 Å². The van der Waals surface area contributed by atoms with E-state index in [1.54, 1.807) is 12.3 Å². The summed E-state index contributed by atoms with van der Waals surface area (Å²) >= 11 is 3.28. The van der Waals surface area contributed by atoms with Crippen molar-refractivity contribution in [2.45, 2.75) is 33.4 Å². The van der Waals surface area contributed by atoms with Crippen LogP contribution in [0.2, 0.25) is 0 Å². The molecule has 0 spiro atoms. The number of nitrogens with zero attached hydrogens (tertiary/aromatic N) is 1. The molecule has 0 atom stereocenters. The Balaban J connectivity index is 2.13. The average molecular weight is 353 g/mol. The highest BCUT2D eigenvalue weighted by molar-refractivity contribution is 9.10. The van der Waals surface area contributed by atoms with E-state index in [1.807, 2.05) is 13.0 Å². The Morgan fingerprint density at radius 3 is 2.71 bits per heavy atom. The highest BCUT2D eigenvalue weighted by Gasteiger charge is 2.08. The summed E-state index contributed by atoms with van der Waals surface area (Å²) in [6, 6.07) is 6.77. The number of benzene rings is 1. The quantitative estimate of drug-likeness (QED) is 0.854. The molecule has 0 radical (unpaired) electrons. The third-order valence-corrected chi connectivity index (χ3v) is 3.52. The average Bonchev–Trinajstić information content (AvgIpc) is 2.42. The summed E-state index contributed by atoms with van der Waals surface area (Å²) in [4.78, 5) is 4.34. The number of halogens is 2. The highest BCUT2D eigenvalue weighted by atomic mass is 79.9. The van der Waals surface area contributed by atoms with Gasteiger partial charge < -0.3 is 10.1 Å². The van der Waals surface area contributed by atoms with Gasteiger partial charge in [-0.15, -0.1) is 0 Å². The smallest absolute Gasteiger partial charge is 0.222 e. The second-order valence-corrected chi connectivity index (χ2v) is 6.03. The summed E-state index contributed by atoms with van der Waals surface area (Å²) in [7, 11) is 0. The molecule has 0 saturated carbocycles. The fourth-order valence-electron chi connectivity index (χ4n) is 1.81.